The van der Waals surface area contributed by atoms with E-state index in [9.17, 15) is 0 Å². The molecule has 0 radical (unpaired) electrons. The van der Waals surface area contributed by atoms with Crippen LogP contribution in [0.1, 0.15) is 10.6 Å². The number of anilines is 1. The summed E-state index contributed by atoms with van der Waals surface area (Å²) in [6.45, 7) is 2.83. The number of nitrogens with two attached hydrogens (primary N) is 1. The van der Waals surface area contributed by atoms with Crippen molar-refractivity contribution in [2.24, 2.45) is 0 Å². The Hall–Kier alpha value is -1.29. The predicted octanol–water partition coefficient (Wildman–Crippen LogP) is 2.08. The third-order valence-corrected chi connectivity index (χ3v) is 3.09. The highest BCUT2D eigenvalue weighted by Gasteiger charge is 2.00. The standard InChI is InChI=1S/C10H13N3S/c1-8-10(11)7-13(12-8)5-4-9-3-2-6-14-9/h2-3,6-7H,4-5,11H2,1H3. The van der Waals surface area contributed by atoms with E-state index in [0.29, 0.717) is 0 Å². The minimum Gasteiger partial charge on any atom is -0.396 e. The molecule has 0 aliphatic carbocycles. The fourth-order valence-electron chi connectivity index (χ4n) is 1.33. The summed E-state index contributed by atoms with van der Waals surface area (Å²) in [6, 6.07) is 4.22. The number of hydrogen-bond acceptors (Lipinski definition) is 3. The van der Waals surface area contributed by atoms with Crippen molar-refractivity contribution in [1.29, 1.82) is 0 Å². The van der Waals surface area contributed by atoms with Crippen molar-refractivity contribution >= 4 is 17.0 Å². The summed E-state index contributed by atoms with van der Waals surface area (Å²) in [5.74, 6) is 0. The molecule has 2 rings (SSSR count). The first-order valence-electron chi connectivity index (χ1n) is 4.57. The molecule has 74 valence electrons. The van der Waals surface area contributed by atoms with E-state index in [0.717, 1.165) is 24.3 Å². The zero-order valence-electron chi connectivity index (χ0n) is 8.10. The fourth-order valence-corrected chi connectivity index (χ4v) is 2.03. The van der Waals surface area contributed by atoms with E-state index in [1.165, 1.54) is 4.88 Å². The molecule has 2 aromatic heterocycles. The van der Waals surface area contributed by atoms with Crippen molar-refractivity contribution in [3.63, 3.8) is 0 Å². The largest absolute Gasteiger partial charge is 0.396 e. The van der Waals surface area contributed by atoms with Crippen molar-refractivity contribution in [3.8, 4) is 0 Å². The van der Waals surface area contributed by atoms with Gasteiger partial charge in [-0.2, -0.15) is 5.10 Å². The molecular formula is C10H13N3S. The molecule has 2 N–H and O–H groups in total. The molecule has 0 aliphatic heterocycles. The van der Waals surface area contributed by atoms with Gasteiger partial charge in [-0.3, -0.25) is 4.68 Å². The minimum atomic E-state index is 0.774. The summed E-state index contributed by atoms with van der Waals surface area (Å²) in [4.78, 5) is 1.39. The molecule has 0 amide bonds. The number of aromatic nitrogens is 2. The molecule has 0 aromatic carbocycles. The smallest absolute Gasteiger partial charge is 0.0822 e. The lowest BCUT2D eigenvalue weighted by molar-refractivity contribution is 0.613. The Labute approximate surface area is 87.2 Å². The van der Waals surface area contributed by atoms with Crippen molar-refractivity contribution in [1.82, 2.24) is 9.78 Å². The zero-order valence-corrected chi connectivity index (χ0v) is 8.92. The predicted molar refractivity (Wildman–Crippen MR) is 59.4 cm³/mol. The Morgan fingerprint density at radius 3 is 3.00 bits per heavy atom. The number of hydrogen-bond donors (Lipinski definition) is 1. The van der Waals surface area contributed by atoms with E-state index in [-0.39, 0.29) is 0 Å². The van der Waals surface area contributed by atoms with Gasteiger partial charge in [0.2, 0.25) is 0 Å². The van der Waals surface area contributed by atoms with Gasteiger partial charge in [0.15, 0.2) is 0 Å². The molecule has 2 heterocycles. The Balaban J connectivity index is 1.98. The third kappa shape index (κ3) is 1.96. The van der Waals surface area contributed by atoms with Crippen LogP contribution >= 0.6 is 11.3 Å². The monoisotopic (exact) mass is 207 g/mol. The van der Waals surface area contributed by atoms with Crippen LogP contribution in [0.5, 0.6) is 0 Å². The van der Waals surface area contributed by atoms with Crippen molar-refractivity contribution in [2.45, 2.75) is 19.9 Å². The Morgan fingerprint density at radius 1 is 1.57 bits per heavy atom. The van der Waals surface area contributed by atoms with Crippen LogP contribution < -0.4 is 5.73 Å². The second-order valence-electron chi connectivity index (χ2n) is 3.26. The van der Waals surface area contributed by atoms with Gasteiger partial charge in [-0.05, 0) is 18.4 Å². The molecule has 0 unspecified atom stereocenters. The average molecular weight is 207 g/mol. The Morgan fingerprint density at radius 2 is 2.43 bits per heavy atom. The number of rotatable bonds is 3. The molecule has 0 aliphatic rings. The molecule has 3 nitrogen and oxygen atoms in total. The zero-order chi connectivity index (χ0) is 9.97. The molecule has 2 aromatic rings. The molecule has 0 bridgehead atoms. The highest BCUT2D eigenvalue weighted by atomic mass is 32.1. The van der Waals surface area contributed by atoms with Gasteiger partial charge in [0, 0.05) is 24.0 Å². The fraction of sp³-hybridized carbons (Fsp3) is 0.300. The summed E-state index contributed by atoms with van der Waals surface area (Å²) < 4.78 is 1.91. The summed E-state index contributed by atoms with van der Waals surface area (Å²) in [5, 5.41) is 6.40. The van der Waals surface area contributed by atoms with E-state index >= 15 is 0 Å². The molecule has 14 heavy (non-hydrogen) atoms. The summed E-state index contributed by atoms with van der Waals surface area (Å²) in [7, 11) is 0. The highest BCUT2D eigenvalue weighted by molar-refractivity contribution is 7.09. The van der Waals surface area contributed by atoms with Crippen LogP contribution in [0.3, 0.4) is 0 Å². The lowest BCUT2D eigenvalue weighted by atomic mass is 10.3. The third-order valence-electron chi connectivity index (χ3n) is 2.15. The van der Waals surface area contributed by atoms with Crippen LogP contribution in [0.4, 0.5) is 5.69 Å². The van der Waals surface area contributed by atoms with Crippen LogP contribution in [0.2, 0.25) is 0 Å². The van der Waals surface area contributed by atoms with Crippen molar-refractivity contribution in [2.75, 3.05) is 5.73 Å². The van der Waals surface area contributed by atoms with Gasteiger partial charge in [0.25, 0.3) is 0 Å². The molecular weight excluding hydrogens is 194 g/mol. The quantitative estimate of drug-likeness (QED) is 0.837. The highest BCUT2D eigenvalue weighted by Crippen LogP contribution is 2.11. The Bertz CT molecular complexity index is 383. The molecule has 0 spiro atoms. The van der Waals surface area contributed by atoms with Gasteiger partial charge < -0.3 is 5.73 Å². The van der Waals surface area contributed by atoms with Crippen LogP contribution in [-0.2, 0) is 13.0 Å². The second-order valence-corrected chi connectivity index (χ2v) is 4.29. The van der Waals surface area contributed by atoms with Crippen LogP contribution in [-0.4, -0.2) is 9.78 Å². The summed E-state index contributed by atoms with van der Waals surface area (Å²) in [5.41, 5.74) is 7.40. The lowest BCUT2D eigenvalue weighted by Gasteiger charge is -1.98. The van der Waals surface area contributed by atoms with Crippen LogP contribution in [0.25, 0.3) is 0 Å². The first-order chi connectivity index (χ1) is 6.75. The van der Waals surface area contributed by atoms with Gasteiger partial charge >= 0.3 is 0 Å². The normalized spacial score (nSPS) is 10.6. The van der Waals surface area contributed by atoms with E-state index in [1.807, 2.05) is 17.8 Å². The van der Waals surface area contributed by atoms with E-state index < -0.39 is 0 Å². The van der Waals surface area contributed by atoms with Gasteiger partial charge in [-0.15, -0.1) is 11.3 Å². The average Bonchev–Trinajstić information content (AvgIpc) is 2.74. The topological polar surface area (TPSA) is 43.8 Å². The van der Waals surface area contributed by atoms with Gasteiger partial charge in [0.05, 0.1) is 11.4 Å². The van der Waals surface area contributed by atoms with Gasteiger partial charge in [-0.1, -0.05) is 6.07 Å². The lowest BCUT2D eigenvalue weighted by Crippen LogP contribution is -2.00. The van der Waals surface area contributed by atoms with Crippen LogP contribution in [0.15, 0.2) is 23.7 Å². The van der Waals surface area contributed by atoms with E-state index in [1.54, 1.807) is 11.3 Å². The minimum absolute atomic E-state index is 0.774. The Kier molecular flexibility index (Phi) is 2.54. The molecule has 0 saturated heterocycles. The van der Waals surface area contributed by atoms with Gasteiger partial charge in [0.1, 0.15) is 0 Å². The molecule has 0 atom stereocenters. The molecule has 4 heteroatoms. The van der Waals surface area contributed by atoms with Crippen molar-refractivity contribution < 1.29 is 0 Å². The first kappa shape index (κ1) is 9.27. The first-order valence-corrected chi connectivity index (χ1v) is 5.45. The second kappa shape index (κ2) is 3.84. The SMILES string of the molecule is Cc1nn(CCc2cccs2)cc1N. The number of nitrogen functional groups attached to an aromatic ring is 1. The van der Waals surface area contributed by atoms with Gasteiger partial charge in [-0.25, -0.2) is 0 Å². The van der Waals surface area contributed by atoms with Crippen molar-refractivity contribution in [3.05, 3.63) is 34.3 Å². The molecule has 0 fully saturated rings. The number of aryl methyl sites for hydroxylation is 3. The maximum Gasteiger partial charge on any atom is 0.0822 e. The number of thiophene rings is 1. The molecule has 0 saturated carbocycles. The number of nitrogens with zero attached hydrogens (tertiary/aromatic N) is 2. The van der Waals surface area contributed by atoms with E-state index in [4.69, 9.17) is 5.73 Å². The summed E-state index contributed by atoms with van der Waals surface area (Å²) >= 11 is 1.78. The summed E-state index contributed by atoms with van der Waals surface area (Å²) in [6.07, 6.45) is 2.92. The van der Waals surface area contributed by atoms with Crippen LogP contribution in [0, 0.1) is 6.92 Å². The van der Waals surface area contributed by atoms with E-state index in [2.05, 4.69) is 22.6 Å². The maximum atomic E-state index is 5.71. The maximum absolute atomic E-state index is 5.71.